The van der Waals surface area contributed by atoms with Gasteiger partial charge in [0, 0.05) is 10.7 Å². The zero-order valence-corrected chi connectivity index (χ0v) is 8.62. The van der Waals surface area contributed by atoms with E-state index < -0.39 is 0 Å². The second-order valence-electron chi connectivity index (χ2n) is 2.64. The highest BCUT2D eigenvalue weighted by molar-refractivity contribution is 6.31. The van der Waals surface area contributed by atoms with Gasteiger partial charge in [-0.2, -0.15) is 0 Å². The van der Waals surface area contributed by atoms with Crippen LogP contribution < -0.4 is 5.32 Å². The SMILES string of the molecule is Cc1ccc(Cl)cc1NC(=O)CCl. The highest BCUT2D eigenvalue weighted by atomic mass is 35.5. The van der Waals surface area contributed by atoms with E-state index in [1.165, 1.54) is 0 Å². The van der Waals surface area contributed by atoms with E-state index in [0.717, 1.165) is 5.56 Å². The molecule has 0 aliphatic rings. The number of aryl methyl sites for hydroxylation is 1. The highest BCUT2D eigenvalue weighted by Crippen LogP contribution is 2.19. The molecule has 0 aliphatic carbocycles. The zero-order valence-electron chi connectivity index (χ0n) is 7.10. The van der Waals surface area contributed by atoms with Gasteiger partial charge >= 0.3 is 0 Å². The van der Waals surface area contributed by atoms with E-state index in [1.807, 2.05) is 13.0 Å². The second-order valence-corrected chi connectivity index (χ2v) is 3.34. The molecule has 0 fully saturated rings. The van der Waals surface area contributed by atoms with Crippen LogP contribution in [0.2, 0.25) is 5.02 Å². The zero-order chi connectivity index (χ0) is 9.84. The number of anilines is 1. The van der Waals surface area contributed by atoms with Crippen molar-refractivity contribution in [2.24, 2.45) is 0 Å². The van der Waals surface area contributed by atoms with E-state index in [2.05, 4.69) is 5.32 Å². The summed E-state index contributed by atoms with van der Waals surface area (Å²) >= 11 is 11.1. The van der Waals surface area contributed by atoms with Crippen LogP contribution >= 0.6 is 23.2 Å². The molecule has 0 spiro atoms. The van der Waals surface area contributed by atoms with Crippen LogP contribution in [-0.4, -0.2) is 11.8 Å². The van der Waals surface area contributed by atoms with Crippen LogP contribution in [0, 0.1) is 6.92 Å². The molecule has 1 amide bonds. The van der Waals surface area contributed by atoms with Crippen LogP contribution in [0.25, 0.3) is 0 Å². The van der Waals surface area contributed by atoms with E-state index >= 15 is 0 Å². The molecule has 0 aliphatic heterocycles. The summed E-state index contributed by atoms with van der Waals surface area (Å²) in [6, 6.07) is 5.31. The van der Waals surface area contributed by atoms with Crippen molar-refractivity contribution in [1.29, 1.82) is 0 Å². The van der Waals surface area contributed by atoms with Crippen molar-refractivity contribution in [3.63, 3.8) is 0 Å². The van der Waals surface area contributed by atoms with Crippen molar-refractivity contribution in [3.8, 4) is 0 Å². The van der Waals surface area contributed by atoms with Crippen LogP contribution in [0.4, 0.5) is 5.69 Å². The third kappa shape index (κ3) is 2.90. The van der Waals surface area contributed by atoms with Gasteiger partial charge in [0.1, 0.15) is 5.88 Å². The summed E-state index contributed by atoms with van der Waals surface area (Å²) in [6.07, 6.45) is 0. The van der Waals surface area contributed by atoms with Gasteiger partial charge in [0.25, 0.3) is 0 Å². The fraction of sp³-hybridized carbons (Fsp3) is 0.222. The first-order valence-corrected chi connectivity index (χ1v) is 4.66. The molecule has 0 saturated carbocycles. The van der Waals surface area contributed by atoms with Gasteiger partial charge in [-0.15, -0.1) is 11.6 Å². The van der Waals surface area contributed by atoms with Gasteiger partial charge in [0.2, 0.25) is 5.91 Å². The third-order valence-electron chi connectivity index (χ3n) is 1.60. The molecule has 0 aromatic heterocycles. The number of alkyl halides is 1. The lowest BCUT2D eigenvalue weighted by molar-refractivity contribution is -0.113. The summed E-state index contributed by atoms with van der Waals surface area (Å²) in [5.74, 6) is -0.279. The molecule has 0 atom stereocenters. The van der Waals surface area contributed by atoms with Crippen molar-refractivity contribution in [2.45, 2.75) is 6.92 Å². The van der Waals surface area contributed by atoms with Crippen LogP contribution in [-0.2, 0) is 4.79 Å². The summed E-state index contributed by atoms with van der Waals surface area (Å²) in [5.41, 5.74) is 1.67. The minimum Gasteiger partial charge on any atom is -0.325 e. The van der Waals surface area contributed by atoms with Gasteiger partial charge in [-0.05, 0) is 24.6 Å². The second kappa shape index (κ2) is 4.49. The lowest BCUT2D eigenvalue weighted by atomic mass is 10.2. The van der Waals surface area contributed by atoms with Gasteiger partial charge in [0.15, 0.2) is 0 Å². The Morgan fingerprint density at radius 3 is 2.85 bits per heavy atom. The number of carbonyl (C=O) groups is 1. The normalized spacial score (nSPS) is 9.77. The predicted octanol–water partition coefficient (Wildman–Crippen LogP) is 2.83. The fourth-order valence-electron chi connectivity index (χ4n) is 0.913. The topological polar surface area (TPSA) is 29.1 Å². The summed E-state index contributed by atoms with van der Waals surface area (Å²) < 4.78 is 0. The van der Waals surface area contributed by atoms with E-state index in [9.17, 15) is 4.79 Å². The summed E-state index contributed by atoms with van der Waals surface area (Å²) in [6.45, 7) is 1.89. The van der Waals surface area contributed by atoms with Gasteiger partial charge in [-0.1, -0.05) is 17.7 Å². The van der Waals surface area contributed by atoms with E-state index in [4.69, 9.17) is 23.2 Å². The summed E-state index contributed by atoms with van der Waals surface area (Å²) in [7, 11) is 0. The maximum Gasteiger partial charge on any atom is 0.239 e. The van der Waals surface area contributed by atoms with Gasteiger partial charge in [-0.3, -0.25) is 4.79 Å². The Balaban J connectivity index is 2.87. The maximum absolute atomic E-state index is 11.0. The average Bonchev–Trinajstić information content (AvgIpc) is 2.11. The number of hydrogen-bond donors (Lipinski definition) is 1. The molecule has 1 N–H and O–H groups in total. The van der Waals surface area contributed by atoms with Gasteiger partial charge in [-0.25, -0.2) is 0 Å². The highest BCUT2D eigenvalue weighted by Gasteiger charge is 2.03. The van der Waals surface area contributed by atoms with Crippen LogP contribution in [0.5, 0.6) is 0 Å². The van der Waals surface area contributed by atoms with Crippen molar-refractivity contribution < 1.29 is 4.79 Å². The molecule has 2 nitrogen and oxygen atoms in total. The fourth-order valence-corrected chi connectivity index (χ4v) is 1.15. The molecule has 1 aromatic rings. The molecule has 1 rings (SSSR count). The van der Waals surface area contributed by atoms with Gasteiger partial charge < -0.3 is 5.32 Å². The van der Waals surface area contributed by atoms with Crippen molar-refractivity contribution in [2.75, 3.05) is 11.2 Å². The maximum atomic E-state index is 11.0. The smallest absolute Gasteiger partial charge is 0.239 e. The average molecular weight is 218 g/mol. The molecular formula is C9H9Cl2NO. The summed E-state index contributed by atoms with van der Waals surface area (Å²) in [5, 5.41) is 3.24. The Labute approximate surface area is 86.8 Å². The number of hydrogen-bond acceptors (Lipinski definition) is 1. The van der Waals surface area contributed by atoms with Crippen molar-refractivity contribution in [3.05, 3.63) is 28.8 Å². The van der Waals surface area contributed by atoms with Crippen molar-refractivity contribution in [1.82, 2.24) is 0 Å². The standard InChI is InChI=1S/C9H9Cl2NO/c1-6-2-3-7(11)4-8(6)12-9(13)5-10/h2-4H,5H2,1H3,(H,12,13). The first-order chi connectivity index (χ1) is 6.13. The van der Waals surface area contributed by atoms with E-state index in [1.54, 1.807) is 12.1 Å². The minimum absolute atomic E-state index is 0.0496. The van der Waals surface area contributed by atoms with E-state index in [-0.39, 0.29) is 11.8 Å². The largest absolute Gasteiger partial charge is 0.325 e. The Morgan fingerprint density at radius 1 is 1.54 bits per heavy atom. The lowest BCUT2D eigenvalue weighted by Gasteiger charge is -2.06. The number of rotatable bonds is 2. The third-order valence-corrected chi connectivity index (χ3v) is 2.07. The molecule has 4 heteroatoms. The molecule has 0 bridgehead atoms. The number of benzene rings is 1. The van der Waals surface area contributed by atoms with Crippen LogP contribution in [0.3, 0.4) is 0 Å². The quantitative estimate of drug-likeness (QED) is 0.759. The first kappa shape index (κ1) is 10.4. The Bertz CT molecular complexity index is 325. The monoisotopic (exact) mass is 217 g/mol. The number of nitrogens with one attached hydrogen (secondary N) is 1. The molecule has 0 saturated heterocycles. The Hall–Kier alpha value is -0.730. The minimum atomic E-state index is -0.230. The first-order valence-electron chi connectivity index (χ1n) is 3.75. The Morgan fingerprint density at radius 2 is 2.23 bits per heavy atom. The van der Waals surface area contributed by atoms with Crippen molar-refractivity contribution >= 4 is 34.8 Å². The molecule has 70 valence electrons. The van der Waals surface area contributed by atoms with Crippen LogP contribution in [0.15, 0.2) is 18.2 Å². The lowest BCUT2D eigenvalue weighted by Crippen LogP contribution is -2.13. The molecule has 0 unspecified atom stereocenters. The molecule has 13 heavy (non-hydrogen) atoms. The van der Waals surface area contributed by atoms with E-state index in [0.29, 0.717) is 10.7 Å². The summed E-state index contributed by atoms with van der Waals surface area (Å²) in [4.78, 5) is 11.0. The molecule has 0 radical (unpaired) electrons. The number of carbonyl (C=O) groups excluding carboxylic acids is 1. The molecule has 1 aromatic carbocycles. The predicted molar refractivity (Wildman–Crippen MR) is 55.5 cm³/mol. The molecular weight excluding hydrogens is 209 g/mol. The van der Waals surface area contributed by atoms with Crippen LogP contribution in [0.1, 0.15) is 5.56 Å². The molecule has 0 heterocycles. The Kier molecular flexibility index (Phi) is 3.58. The van der Waals surface area contributed by atoms with Gasteiger partial charge in [0.05, 0.1) is 0 Å². The number of halogens is 2. The number of amides is 1.